The van der Waals surface area contributed by atoms with Gasteiger partial charge in [-0.25, -0.2) is 13.1 Å². The Morgan fingerprint density at radius 2 is 2.05 bits per heavy atom. The maximum absolute atomic E-state index is 12.1. The lowest BCUT2D eigenvalue weighted by Crippen LogP contribution is -2.35. The molecule has 1 unspecified atom stereocenters. The lowest BCUT2D eigenvalue weighted by atomic mass is 10.2. The topological polar surface area (TPSA) is 101 Å². The summed E-state index contributed by atoms with van der Waals surface area (Å²) < 4.78 is 26.7. The number of nitrogens with two attached hydrogens (primary N) is 1. The Bertz CT molecular complexity index is 599. The SMILES string of the molecule is CCC(C)NC(=O)CCNS(=O)(=O)c1ccc(N)cc1C. The van der Waals surface area contributed by atoms with Crippen LogP contribution < -0.4 is 15.8 Å². The molecule has 0 spiro atoms. The first-order valence-electron chi connectivity index (χ1n) is 6.91. The monoisotopic (exact) mass is 313 g/mol. The summed E-state index contributed by atoms with van der Waals surface area (Å²) in [5.74, 6) is -0.166. The second-order valence-corrected chi connectivity index (χ2v) is 6.78. The molecular weight excluding hydrogens is 290 g/mol. The molecule has 1 aromatic rings. The van der Waals surface area contributed by atoms with Crippen molar-refractivity contribution in [3.63, 3.8) is 0 Å². The standard InChI is InChI=1S/C14H23N3O3S/c1-4-11(3)17-14(18)7-8-16-21(19,20)13-6-5-12(15)9-10(13)2/h5-6,9,11,16H,4,7-8,15H2,1-3H3,(H,17,18). The smallest absolute Gasteiger partial charge is 0.240 e. The van der Waals surface area contributed by atoms with Crippen LogP contribution in [0.4, 0.5) is 5.69 Å². The van der Waals surface area contributed by atoms with Gasteiger partial charge >= 0.3 is 0 Å². The molecule has 1 aromatic carbocycles. The van der Waals surface area contributed by atoms with Crippen LogP contribution >= 0.6 is 0 Å². The van der Waals surface area contributed by atoms with E-state index in [1.807, 2.05) is 13.8 Å². The van der Waals surface area contributed by atoms with Crippen LogP contribution in [0.3, 0.4) is 0 Å². The van der Waals surface area contributed by atoms with Gasteiger partial charge in [0.1, 0.15) is 0 Å². The summed E-state index contributed by atoms with van der Waals surface area (Å²) in [6.07, 6.45) is 0.944. The molecule has 1 rings (SSSR count). The minimum atomic E-state index is -3.62. The maximum Gasteiger partial charge on any atom is 0.240 e. The van der Waals surface area contributed by atoms with Gasteiger partial charge in [-0.15, -0.1) is 0 Å². The van der Waals surface area contributed by atoms with E-state index < -0.39 is 10.0 Å². The Morgan fingerprint density at radius 3 is 2.62 bits per heavy atom. The molecule has 0 bridgehead atoms. The summed E-state index contributed by atoms with van der Waals surface area (Å²) in [5.41, 5.74) is 6.69. The molecule has 1 amide bonds. The van der Waals surface area contributed by atoms with Crippen LogP contribution in [0.2, 0.25) is 0 Å². The van der Waals surface area contributed by atoms with Gasteiger partial charge in [0.05, 0.1) is 4.90 Å². The average Bonchev–Trinajstić information content (AvgIpc) is 2.37. The fourth-order valence-corrected chi connectivity index (χ4v) is 3.06. The average molecular weight is 313 g/mol. The number of rotatable bonds is 7. The highest BCUT2D eigenvalue weighted by Crippen LogP contribution is 2.17. The largest absolute Gasteiger partial charge is 0.399 e. The van der Waals surface area contributed by atoms with Crippen molar-refractivity contribution in [1.29, 1.82) is 0 Å². The van der Waals surface area contributed by atoms with Gasteiger partial charge in [-0.2, -0.15) is 0 Å². The highest BCUT2D eigenvalue weighted by atomic mass is 32.2. The van der Waals surface area contributed by atoms with E-state index in [2.05, 4.69) is 10.0 Å². The lowest BCUT2D eigenvalue weighted by Gasteiger charge is -2.12. The molecule has 0 radical (unpaired) electrons. The van der Waals surface area contributed by atoms with E-state index in [1.54, 1.807) is 13.0 Å². The Morgan fingerprint density at radius 1 is 1.38 bits per heavy atom. The predicted molar refractivity (Wildman–Crippen MR) is 83.3 cm³/mol. The lowest BCUT2D eigenvalue weighted by molar-refractivity contribution is -0.121. The summed E-state index contributed by atoms with van der Waals surface area (Å²) in [6, 6.07) is 4.70. The third-order valence-corrected chi connectivity index (χ3v) is 4.77. The van der Waals surface area contributed by atoms with E-state index in [4.69, 9.17) is 5.73 Å². The van der Waals surface area contributed by atoms with Gasteiger partial charge in [0.2, 0.25) is 15.9 Å². The number of nitrogens with one attached hydrogen (secondary N) is 2. The van der Waals surface area contributed by atoms with Crippen LogP contribution in [0.5, 0.6) is 0 Å². The molecule has 0 aliphatic heterocycles. The summed E-state index contributed by atoms with van der Waals surface area (Å²) in [5, 5.41) is 2.78. The van der Waals surface area contributed by atoms with Crippen LogP contribution in [0.15, 0.2) is 23.1 Å². The van der Waals surface area contributed by atoms with Crippen LogP contribution in [-0.4, -0.2) is 26.9 Å². The molecule has 4 N–H and O–H groups in total. The fourth-order valence-electron chi connectivity index (χ4n) is 1.80. The van der Waals surface area contributed by atoms with Gasteiger partial charge in [0.25, 0.3) is 0 Å². The molecule has 0 saturated carbocycles. The first-order chi connectivity index (χ1) is 9.76. The van der Waals surface area contributed by atoms with Crippen molar-refractivity contribution in [1.82, 2.24) is 10.0 Å². The van der Waals surface area contributed by atoms with Gasteiger partial charge in [0.15, 0.2) is 0 Å². The normalized spacial score (nSPS) is 12.9. The van der Waals surface area contributed by atoms with Crippen LogP contribution in [-0.2, 0) is 14.8 Å². The minimum absolute atomic E-state index is 0.0639. The second kappa shape index (κ2) is 7.42. The molecule has 0 saturated heterocycles. The predicted octanol–water partition coefficient (Wildman–Crippen LogP) is 1.16. The molecule has 0 aromatic heterocycles. The summed E-state index contributed by atoms with van der Waals surface area (Å²) in [6.45, 7) is 5.62. The van der Waals surface area contributed by atoms with Crippen molar-refractivity contribution in [3.05, 3.63) is 23.8 Å². The van der Waals surface area contributed by atoms with E-state index >= 15 is 0 Å². The van der Waals surface area contributed by atoms with E-state index in [1.165, 1.54) is 12.1 Å². The van der Waals surface area contributed by atoms with Crippen molar-refractivity contribution in [2.75, 3.05) is 12.3 Å². The van der Waals surface area contributed by atoms with Gasteiger partial charge in [-0.05, 0) is 44.0 Å². The third-order valence-electron chi connectivity index (χ3n) is 3.15. The number of sulfonamides is 1. The first kappa shape index (κ1) is 17.5. The van der Waals surface area contributed by atoms with E-state index in [9.17, 15) is 13.2 Å². The van der Waals surface area contributed by atoms with Gasteiger partial charge in [-0.1, -0.05) is 6.92 Å². The van der Waals surface area contributed by atoms with Gasteiger partial charge < -0.3 is 11.1 Å². The summed E-state index contributed by atoms with van der Waals surface area (Å²) in [4.78, 5) is 11.8. The number of aryl methyl sites for hydroxylation is 1. The zero-order valence-corrected chi connectivity index (χ0v) is 13.5. The summed E-state index contributed by atoms with van der Waals surface area (Å²) >= 11 is 0. The number of nitrogen functional groups attached to an aromatic ring is 1. The van der Waals surface area contributed by atoms with Crippen molar-refractivity contribution in [2.24, 2.45) is 0 Å². The molecule has 7 heteroatoms. The Labute approximate surface area is 126 Å². The zero-order valence-electron chi connectivity index (χ0n) is 12.6. The van der Waals surface area contributed by atoms with Crippen LogP contribution in [0, 0.1) is 6.92 Å². The quantitative estimate of drug-likeness (QED) is 0.657. The van der Waals surface area contributed by atoms with E-state index in [-0.39, 0.29) is 29.8 Å². The molecule has 1 atom stereocenters. The van der Waals surface area contributed by atoms with Gasteiger partial charge in [0, 0.05) is 24.7 Å². The molecule has 21 heavy (non-hydrogen) atoms. The third kappa shape index (κ3) is 5.35. The maximum atomic E-state index is 12.1. The van der Waals surface area contributed by atoms with Crippen LogP contribution in [0.25, 0.3) is 0 Å². The number of hydrogen-bond donors (Lipinski definition) is 3. The first-order valence-corrected chi connectivity index (χ1v) is 8.39. The zero-order chi connectivity index (χ0) is 16.0. The fraction of sp³-hybridized carbons (Fsp3) is 0.500. The van der Waals surface area contributed by atoms with Gasteiger partial charge in [-0.3, -0.25) is 4.79 Å². The number of benzene rings is 1. The Hall–Kier alpha value is -1.60. The van der Waals surface area contributed by atoms with E-state index in [0.717, 1.165) is 6.42 Å². The molecule has 0 heterocycles. The number of anilines is 1. The Kier molecular flexibility index (Phi) is 6.17. The minimum Gasteiger partial charge on any atom is -0.399 e. The highest BCUT2D eigenvalue weighted by Gasteiger charge is 2.17. The molecule has 0 fully saturated rings. The van der Waals surface area contributed by atoms with Crippen molar-refractivity contribution < 1.29 is 13.2 Å². The van der Waals surface area contributed by atoms with Crippen molar-refractivity contribution in [3.8, 4) is 0 Å². The molecule has 0 aliphatic carbocycles. The van der Waals surface area contributed by atoms with Crippen molar-refractivity contribution in [2.45, 2.75) is 44.6 Å². The second-order valence-electron chi connectivity index (χ2n) is 5.05. The number of carbonyl (C=O) groups is 1. The van der Waals surface area contributed by atoms with E-state index in [0.29, 0.717) is 11.3 Å². The molecule has 118 valence electrons. The summed E-state index contributed by atoms with van der Waals surface area (Å²) in [7, 11) is -3.62. The molecular formula is C14H23N3O3S. The number of amides is 1. The van der Waals surface area contributed by atoms with Crippen molar-refractivity contribution >= 4 is 21.6 Å². The number of hydrogen-bond acceptors (Lipinski definition) is 4. The molecule has 0 aliphatic rings. The highest BCUT2D eigenvalue weighted by molar-refractivity contribution is 7.89. The number of carbonyl (C=O) groups excluding carboxylic acids is 1. The Balaban J connectivity index is 2.60. The molecule has 6 nitrogen and oxygen atoms in total. The van der Waals surface area contributed by atoms with Crippen LogP contribution in [0.1, 0.15) is 32.3 Å².